The zero-order valence-corrected chi connectivity index (χ0v) is 24.7. The van der Waals surface area contributed by atoms with E-state index in [0.717, 1.165) is 68.1 Å². The predicted molar refractivity (Wildman–Crippen MR) is 165 cm³/mol. The molecule has 0 unspecified atom stereocenters. The van der Waals surface area contributed by atoms with Gasteiger partial charge in [-0.2, -0.15) is 9.97 Å². The van der Waals surface area contributed by atoms with Gasteiger partial charge in [0.2, 0.25) is 0 Å². The van der Waals surface area contributed by atoms with Crippen LogP contribution in [0.3, 0.4) is 0 Å². The molecule has 5 heterocycles. The number of hydrogen-bond donors (Lipinski definition) is 1. The maximum absolute atomic E-state index is 16.7. The Kier molecular flexibility index (Phi) is 7.13. The minimum atomic E-state index is -0.510. The zero-order valence-electron chi connectivity index (χ0n) is 24.7. The van der Waals surface area contributed by atoms with E-state index in [4.69, 9.17) is 14.7 Å². The summed E-state index contributed by atoms with van der Waals surface area (Å²) in [5.74, 6) is 0.268. The van der Waals surface area contributed by atoms with Gasteiger partial charge in [0.05, 0.1) is 10.9 Å². The van der Waals surface area contributed by atoms with Crippen LogP contribution in [0, 0.1) is 5.82 Å². The lowest BCUT2D eigenvalue weighted by molar-refractivity contribution is 0.0889. The van der Waals surface area contributed by atoms with Gasteiger partial charge >= 0.3 is 6.01 Å². The van der Waals surface area contributed by atoms with E-state index in [-0.39, 0.29) is 28.5 Å². The van der Waals surface area contributed by atoms with Crippen molar-refractivity contribution in [2.45, 2.75) is 83.2 Å². The fraction of sp³-hybridized carbons (Fsp3) is 0.500. The van der Waals surface area contributed by atoms with Gasteiger partial charge in [0, 0.05) is 30.9 Å². The van der Waals surface area contributed by atoms with Crippen LogP contribution in [-0.4, -0.2) is 62.8 Å². The van der Waals surface area contributed by atoms with Gasteiger partial charge in [0.15, 0.2) is 5.82 Å². The molecule has 42 heavy (non-hydrogen) atoms. The molecule has 3 fully saturated rings. The number of pyridine rings is 1. The maximum atomic E-state index is 16.7. The van der Waals surface area contributed by atoms with Crippen LogP contribution in [0.15, 0.2) is 36.5 Å². The first-order valence-corrected chi connectivity index (χ1v) is 15.7. The standard InChI is InChI=1S/C34H40FN5O2/c1-3-23-10-8-11-24-18-25(41)19-26(28(23)24)30-29(35)31-27(20-36-30)32(39-15-6-4-5-7-16-39)38-33(37-31)42-21-34-13-9-17-40(34)22(2)12-14-34/h8,10-11,18-20,22,41H,3-7,9,12-17,21H2,1-2H3/t22-,34-/m0/s1. The van der Waals surface area contributed by atoms with E-state index >= 15 is 4.39 Å². The van der Waals surface area contributed by atoms with Crippen molar-refractivity contribution in [2.24, 2.45) is 0 Å². The molecule has 7 nitrogen and oxygen atoms in total. The van der Waals surface area contributed by atoms with Crippen molar-refractivity contribution in [3.63, 3.8) is 0 Å². The Balaban J connectivity index is 1.36. The van der Waals surface area contributed by atoms with Crippen LogP contribution >= 0.6 is 0 Å². The van der Waals surface area contributed by atoms with Crippen molar-refractivity contribution in [3.8, 4) is 23.0 Å². The number of benzene rings is 2. The summed E-state index contributed by atoms with van der Waals surface area (Å²) in [7, 11) is 0. The third-order valence-electron chi connectivity index (χ3n) is 9.91. The van der Waals surface area contributed by atoms with Crippen molar-refractivity contribution < 1.29 is 14.2 Å². The van der Waals surface area contributed by atoms with Crippen LogP contribution in [-0.2, 0) is 6.42 Å². The Morgan fingerprint density at radius 1 is 1.05 bits per heavy atom. The molecule has 1 N–H and O–H groups in total. The van der Waals surface area contributed by atoms with Gasteiger partial charge in [-0.1, -0.05) is 38.0 Å². The topological polar surface area (TPSA) is 74.6 Å². The number of phenols is 1. The Labute approximate surface area is 246 Å². The van der Waals surface area contributed by atoms with Crippen LogP contribution in [0.2, 0.25) is 0 Å². The molecule has 0 amide bonds. The third kappa shape index (κ3) is 4.64. The maximum Gasteiger partial charge on any atom is 0.319 e. The Morgan fingerprint density at radius 2 is 1.88 bits per heavy atom. The van der Waals surface area contributed by atoms with E-state index in [2.05, 4.69) is 28.6 Å². The molecule has 3 aliphatic rings. The van der Waals surface area contributed by atoms with Crippen LogP contribution in [0.5, 0.6) is 11.8 Å². The highest BCUT2D eigenvalue weighted by atomic mass is 19.1. The predicted octanol–water partition coefficient (Wildman–Crippen LogP) is 7.03. The average Bonchev–Trinajstić information content (AvgIpc) is 3.42. The summed E-state index contributed by atoms with van der Waals surface area (Å²) in [6, 6.07) is 10.1. The fourth-order valence-corrected chi connectivity index (χ4v) is 7.74. The van der Waals surface area contributed by atoms with E-state index in [9.17, 15) is 5.11 Å². The average molecular weight is 570 g/mol. The summed E-state index contributed by atoms with van der Waals surface area (Å²) in [5.41, 5.74) is 2.06. The number of phenolic OH excluding ortho intramolecular Hbond substituents is 1. The highest BCUT2D eigenvalue weighted by Crippen LogP contribution is 2.43. The Morgan fingerprint density at radius 3 is 2.69 bits per heavy atom. The molecule has 2 aromatic carbocycles. The van der Waals surface area contributed by atoms with Crippen molar-refractivity contribution in [1.82, 2.24) is 19.9 Å². The molecule has 7 rings (SSSR count). The molecule has 220 valence electrons. The highest BCUT2D eigenvalue weighted by molar-refractivity contribution is 6.01. The second-order valence-corrected chi connectivity index (χ2v) is 12.5. The van der Waals surface area contributed by atoms with Crippen LogP contribution in [0.1, 0.15) is 70.8 Å². The van der Waals surface area contributed by atoms with Gasteiger partial charge in [-0.25, -0.2) is 4.39 Å². The van der Waals surface area contributed by atoms with Gasteiger partial charge < -0.3 is 14.7 Å². The van der Waals surface area contributed by atoms with E-state index in [1.807, 2.05) is 18.2 Å². The summed E-state index contributed by atoms with van der Waals surface area (Å²) in [6.07, 6.45) is 11.5. The second kappa shape index (κ2) is 11.0. The first-order valence-electron chi connectivity index (χ1n) is 15.7. The largest absolute Gasteiger partial charge is 0.508 e. The van der Waals surface area contributed by atoms with E-state index in [1.54, 1.807) is 18.3 Å². The number of anilines is 1. The summed E-state index contributed by atoms with van der Waals surface area (Å²) in [5, 5.41) is 12.9. The second-order valence-electron chi connectivity index (χ2n) is 12.5. The molecule has 3 aliphatic heterocycles. The summed E-state index contributed by atoms with van der Waals surface area (Å²) in [6.45, 7) is 7.72. The number of ether oxygens (including phenoxy) is 1. The summed E-state index contributed by atoms with van der Waals surface area (Å²) < 4.78 is 23.2. The van der Waals surface area contributed by atoms with Crippen molar-refractivity contribution >= 4 is 27.5 Å². The molecule has 8 heteroatoms. The highest BCUT2D eigenvalue weighted by Gasteiger charge is 2.48. The number of rotatable bonds is 6. The minimum Gasteiger partial charge on any atom is -0.508 e. The summed E-state index contributed by atoms with van der Waals surface area (Å²) >= 11 is 0. The Hall–Kier alpha value is -3.52. The number of aryl methyl sites for hydroxylation is 1. The zero-order chi connectivity index (χ0) is 28.8. The Bertz CT molecular complexity index is 1640. The van der Waals surface area contributed by atoms with Gasteiger partial charge in [-0.05, 0) is 86.9 Å². The molecule has 3 saturated heterocycles. The van der Waals surface area contributed by atoms with Gasteiger partial charge in [-0.15, -0.1) is 0 Å². The monoisotopic (exact) mass is 569 g/mol. The van der Waals surface area contributed by atoms with Crippen LogP contribution in [0.25, 0.3) is 32.9 Å². The quantitative estimate of drug-likeness (QED) is 0.267. The number of halogens is 1. The number of nitrogens with zero attached hydrogens (tertiary/aromatic N) is 5. The lowest BCUT2D eigenvalue weighted by Gasteiger charge is -2.33. The molecule has 4 aromatic rings. The van der Waals surface area contributed by atoms with Crippen molar-refractivity contribution in [3.05, 3.63) is 47.9 Å². The van der Waals surface area contributed by atoms with Crippen molar-refractivity contribution in [2.75, 3.05) is 31.1 Å². The summed E-state index contributed by atoms with van der Waals surface area (Å²) in [4.78, 5) is 19.2. The van der Waals surface area contributed by atoms with E-state index < -0.39 is 5.82 Å². The molecule has 0 aliphatic carbocycles. The SMILES string of the molecule is CCc1cccc2cc(O)cc(-c3ncc4c(N5CCCCCC5)nc(OC[C@@]56CCCN5[C@@H](C)CC6)nc4c3F)c12. The van der Waals surface area contributed by atoms with Crippen molar-refractivity contribution in [1.29, 1.82) is 0 Å². The number of hydrogen-bond acceptors (Lipinski definition) is 7. The van der Waals surface area contributed by atoms with Crippen LogP contribution < -0.4 is 9.64 Å². The number of aromatic hydroxyl groups is 1. The minimum absolute atomic E-state index is 0.0134. The lowest BCUT2D eigenvalue weighted by Crippen LogP contribution is -2.46. The van der Waals surface area contributed by atoms with E-state index in [1.165, 1.54) is 25.7 Å². The molecule has 0 saturated carbocycles. The third-order valence-corrected chi connectivity index (χ3v) is 9.91. The molecular formula is C34H40FN5O2. The number of aromatic nitrogens is 3. The smallest absolute Gasteiger partial charge is 0.319 e. The van der Waals surface area contributed by atoms with E-state index in [0.29, 0.717) is 29.4 Å². The molecule has 2 aromatic heterocycles. The van der Waals surface area contributed by atoms with Gasteiger partial charge in [0.1, 0.15) is 29.4 Å². The molecule has 0 bridgehead atoms. The van der Waals surface area contributed by atoms with Crippen LogP contribution in [0.4, 0.5) is 10.2 Å². The fourth-order valence-electron chi connectivity index (χ4n) is 7.74. The lowest BCUT2D eigenvalue weighted by atomic mass is 9.95. The first kappa shape index (κ1) is 27.3. The molecule has 2 atom stereocenters. The molecular weight excluding hydrogens is 529 g/mol. The normalized spacial score (nSPS) is 23.0. The van der Waals surface area contributed by atoms with Gasteiger partial charge in [0.25, 0.3) is 0 Å². The van der Waals surface area contributed by atoms with Gasteiger partial charge in [-0.3, -0.25) is 9.88 Å². The first-order chi connectivity index (χ1) is 20.5. The number of fused-ring (bicyclic) bond motifs is 3. The molecule has 0 radical (unpaired) electrons. The molecule has 0 spiro atoms.